The van der Waals surface area contributed by atoms with Gasteiger partial charge in [-0.1, -0.05) is 30.3 Å². The molecular formula is C36H44N6O4. The Morgan fingerprint density at radius 2 is 1.85 bits per heavy atom. The van der Waals surface area contributed by atoms with Gasteiger partial charge in [0.15, 0.2) is 5.76 Å². The number of hydrogen-bond acceptors (Lipinski definition) is 7. The summed E-state index contributed by atoms with van der Waals surface area (Å²) in [6.07, 6.45) is 6.84. The van der Waals surface area contributed by atoms with Crippen molar-refractivity contribution in [3.05, 3.63) is 82.2 Å². The molecule has 2 amide bonds. The molecule has 3 heterocycles. The number of ketones is 1. The molecule has 0 saturated carbocycles. The fourth-order valence-corrected chi connectivity index (χ4v) is 6.48. The summed E-state index contributed by atoms with van der Waals surface area (Å²) in [4.78, 5) is 32.7. The van der Waals surface area contributed by atoms with Gasteiger partial charge in [0.1, 0.15) is 5.75 Å². The van der Waals surface area contributed by atoms with E-state index >= 15 is 0 Å². The number of methoxy groups -OCH3 is 1. The van der Waals surface area contributed by atoms with E-state index in [0.29, 0.717) is 23.4 Å². The molecule has 1 fully saturated rings. The van der Waals surface area contributed by atoms with Crippen molar-refractivity contribution < 1.29 is 19.1 Å². The van der Waals surface area contributed by atoms with Crippen molar-refractivity contribution >= 4 is 29.7 Å². The summed E-state index contributed by atoms with van der Waals surface area (Å²) < 4.78 is 14.4. The molecule has 0 bridgehead atoms. The van der Waals surface area contributed by atoms with Crippen LogP contribution < -0.4 is 15.4 Å². The van der Waals surface area contributed by atoms with Crippen LogP contribution in [0.15, 0.2) is 54.3 Å². The molecule has 3 aromatic rings. The third-order valence-electron chi connectivity index (χ3n) is 9.02. The zero-order valence-corrected chi connectivity index (χ0v) is 27.4. The van der Waals surface area contributed by atoms with Crippen LogP contribution in [0.4, 0.5) is 10.5 Å². The summed E-state index contributed by atoms with van der Waals surface area (Å²) in [6.45, 7) is 6.83. The number of carbonyl (C=O) groups excluding carboxylic acids is 2. The number of allylic oxidation sites excluding steroid dienone is 1. The van der Waals surface area contributed by atoms with Gasteiger partial charge in [0, 0.05) is 83.3 Å². The lowest BCUT2D eigenvalue weighted by Crippen LogP contribution is -2.45. The van der Waals surface area contributed by atoms with Gasteiger partial charge in [-0.2, -0.15) is 0 Å². The highest BCUT2D eigenvalue weighted by atomic mass is 16.5. The summed E-state index contributed by atoms with van der Waals surface area (Å²) in [5.74, 6) is 0.530. The van der Waals surface area contributed by atoms with Crippen LogP contribution in [0.1, 0.15) is 32.7 Å². The van der Waals surface area contributed by atoms with Crippen molar-refractivity contribution in [3.8, 4) is 17.0 Å². The van der Waals surface area contributed by atoms with Crippen LogP contribution in [0.2, 0.25) is 0 Å². The zero-order chi connectivity index (χ0) is 32.4. The lowest BCUT2D eigenvalue weighted by molar-refractivity contribution is 0.101. The molecule has 6 rings (SSSR count). The zero-order valence-electron chi connectivity index (χ0n) is 27.4. The van der Waals surface area contributed by atoms with Crippen molar-refractivity contribution in [2.75, 3.05) is 73.3 Å². The standard InChI is InChI=1S/C36H44N6O4/c1-37-36(44)38-26-10-13-32-30(20-26)35(43)33(46-32)22-29-28-21-27(45-5)11-12-31(28)42(19-18-41-16-14-40(4)15-17-41)34(29)25-8-6-24(7-9-25)23-39(2)3/h6-13,20,22,27H,14-19,21,23H2,1-5H3,(H2,37,38,44)/b33-22-. The Morgan fingerprint density at radius 3 is 2.54 bits per heavy atom. The number of nitrogens with one attached hydrogen (secondary N) is 2. The smallest absolute Gasteiger partial charge is 0.318 e. The average Bonchev–Trinajstić information content (AvgIpc) is 3.53. The summed E-state index contributed by atoms with van der Waals surface area (Å²) in [7, 11) is 9.60. The number of carbonyl (C=O) groups is 2. The monoisotopic (exact) mass is 624 g/mol. The predicted molar refractivity (Wildman–Crippen MR) is 182 cm³/mol. The minimum atomic E-state index is -0.353. The maximum Gasteiger partial charge on any atom is 0.318 e. The van der Waals surface area contributed by atoms with Crippen LogP contribution in [0.25, 0.3) is 23.4 Å². The van der Waals surface area contributed by atoms with Crippen LogP contribution in [0.3, 0.4) is 0 Å². The van der Waals surface area contributed by atoms with Crippen molar-refractivity contribution in [1.82, 2.24) is 24.6 Å². The van der Waals surface area contributed by atoms with Gasteiger partial charge < -0.3 is 34.5 Å². The molecule has 2 aromatic carbocycles. The number of likely N-dealkylation sites (N-methyl/N-ethyl adjacent to an activating group) is 1. The van der Waals surface area contributed by atoms with Gasteiger partial charge in [-0.25, -0.2) is 4.79 Å². The lowest BCUT2D eigenvalue weighted by Gasteiger charge is -2.32. The van der Waals surface area contributed by atoms with E-state index in [1.807, 2.05) is 6.08 Å². The third-order valence-corrected chi connectivity index (χ3v) is 9.02. The van der Waals surface area contributed by atoms with E-state index in [0.717, 1.165) is 73.9 Å². The van der Waals surface area contributed by atoms with Gasteiger partial charge in [-0.3, -0.25) is 9.69 Å². The van der Waals surface area contributed by atoms with E-state index in [9.17, 15) is 9.59 Å². The Labute approximate surface area is 271 Å². The van der Waals surface area contributed by atoms with E-state index in [4.69, 9.17) is 9.47 Å². The molecule has 46 heavy (non-hydrogen) atoms. The van der Waals surface area contributed by atoms with Gasteiger partial charge in [0.25, 0.3) is 0 Å². The number of nitrogens with zero attached hydrogens (tertiary/aromatic N) is 4. The van der Waals surface area contributed by atoms with Gasteiger partial charge in [0.2, 0.25) is 5.78 Å². The number of urea groups is 1. The summed E-state index contributed by atoms with van der Waals surface area (Å²) in [5, 5.41) is 5.28. The first kappa shape index (κ1) is 31.7. The van der Waals surface area contributed by atoms with Crippen LogP contribution in [-0.4, -0.2) is 105 Å². The molecule has 1 aliphatic carbocycles. The second kappa shape index (κ2) is 13.6. The van der Waals surface area contributed by atoms with E-state index < -0.39 is 0 Å². The second-order valence-corrected chi connectivity index (χ2v) is 12.5. The number of hydrogen-bond donors (Lipinski definition) is 2. The first-order valence-corrected chi connectivity index (χ1v) is 15.9. The maximum absolute atomic E-state index is 13.8. The summed E-state index contributed by atoms with van der Waals surface area (Å²) >= 11 is 0. The quantitative estimate of drug-likeness (QED) is 0.341. The van der Waals surface area contributed by atoms with Crippen LogP contribution >= 0.6 is 0 Å². The molecular weight excluding hydrogens is 580 g/mol. The van der Waals surface area contributed by atoms with Gasteiger partial charge in [-0.05, 0) is 68.2 Å². The van der Waals surface area contributed by atoms with E-state index in [2.05, 4.69) is 87.5 Å². The van der Waals surface area contributed by atoms with E-state index in [1.54, 1.807) is 32.4 Å². The molecule has 2 aliphatic heterocycles. The SMILES string of the molecule is CNC(=O)Nc1ccc2c(c1)C(=O)/C(=C/c1c3c(n(CCN4CCN(C)CC4)c1-c1ccc(CN(C)C)cc1)C=CC(OC)C3)O2. The lowest BCUT2D eigenvalue weighted by atomic mass is 9.94. The Hall–Kier alpha value is -4.22. The number of rotatable bonds is 9. The molecule has 1 atom stereocenters. The molecule has 1 aromatic heterocycles. The number of anilines is 1. The fourth-order valence-electron chi connectivity index (χ4n) is 6.48. The van der Waals surface area contributed by atoms with Crippen molar-refractivity contribution in [3.63, 3.8) is 0 Å². The maximum atomic E-state index is 13.8. The average molecular weight is 625 g/mol. The van der Waals surface area contributed by atoms with Gasteiger partial charge in [0.05, 0.1) is 17.4 Å². The normalized spacial score (nSPS) is 19.0. The predicted octanol–water partition coefficient (Wildman–Crippen LogP) is 4.42. The Morgan fingerprint density at radius 1 is 1.09 bits per heavy atom. The Balaban J connectivity index is 1.43. The number of ether oxygens (including phenoxy) is 2. The molecule has 2 N–H and O–H groups in total. The van der Waals surface area contributed by atoms with Gasteiger partial charge >= 0.3 is 6.03 Å². The summed E-state index contributed by atoms with van der Waals surface area (Å²) in [5.41, 5.74) is 7.59. The molecule has 0 spiro atoms. The largest absolute Gasteiger partial charge is 0.452 e. The number of benzene rings is 2. The number of aromatic nitrogens is 1. The number of amides is 2. The van der Waals surface area contributed by atoms with Crippen molar-refractivity contribution in [2.45, 2.75) is 25.6 Å². The molecule has 10 heteroatoms. The van der Waals surface area contributed by atoms with Crippen LogP contribution in [0, 0.1) is 0 Å². The molecule has 3 aliphatic rings. The molecule has 1 unspecified atom stereocenters. The van der Waals surface area contributed by atoms with E-state index in [1.165, 1.54) is 5.56 Å². The minimum Gasteiger partial charge on any atom is -0.452 e. The molecule has 0 radical (unpaired) electrons. The second-order valence-electron chi connectivity index (χ2n) is 12.5. The topological polar surface area (TPSA) is 91.3 Å². The van der Waals surface area contributed by atoms with Crippen LogP contribution in [0.5, 0.6) is 5.75 Å². The molecule has 242 valence electrons. The first-order valence-electron chi connectivity index (χ1n) is 15.9. The third kappa shape index (κ3) is 6.66. The number of fused-ring (bicyclic) bond motifs is 2. The minimum absolute atomic E-state index is 0.0656. The molecule has 1 saturated heterocycles. The highest BCUT2D eigenvalue weighted by Gasteiger charge is 2.32. The number of piperazine rings is 1. The number of Topliss-reactive ketones (excluding diaryl/α,β-unsaturated/α-hetero) is 1. The molecule has 10 nitrogen and oxygen atoms in total. The first-order chi connectivity index (χ1) is 22.2. The van der Waals surface area contributed by atoms with Gasteiger partial charge in [-0.15, -0.1) is 0 Å². The highest BCUT2D eigenvalue weighted by molar-refractivity contribution is 6.15. The highest BCUT2D eigenvalue weighted by Crippen LogP contribution is 2.40. The Kier molecular flexibility index (Phi) is 9.42. The Bertz CT molecular complexity index is 1660. The van der Waals surface area contributed by atoms with E-state index in [-0.39, 0.29) is 23.7 Å². The summed E-state index contributed by atoms with van der Waals surface area (Å²) in [6, 6.07) is 13.5. The van der Waals surface area contributed by atoms with Crippen molar-refractivity contribution in [1.29, 1.82) is 0 Å². The fraction of sp³-hybridized carbons (Fsp3) is 0.389. The van der Waals surface area contributed by atoms with Crippen LogP contribution in [-0.2, 0) is 24.2 Å². The van der Waals surface area contributed by atoms with Crippen molar-refractivity contribution in [2.24, 2.45) is 0 Å².